The summed E-state index contributed by atoms with van der Waals surface area (Å²) in [5.41, 5.74) is 5.06. The second kappa shape index (κ2) is 53.8. The lowest BCUT2D eigenvalue weighted by Crippen LogP contribution is -2.15. The van der Waals surface area contributed by atoms with Crippen LogP contribution < -0.4 is 28.4 Å². The van der Waals surface area contributed by atoms with E-state index in [1.807, 2.05) is 0 Å². The van der Waals surface area contributed by atoms with Crippen LogP contribution in [0.4, 0.5) is 0 Å². The molecule has 0 aromatic heterocycles. The molecule has 8 aromatic rings. The molecule has 0 N–H and O–H groups in total. The summed E-state index contributed by atoms with van der Waals surface area (Å²) in [6.07, 6.45) is 3.66. The molecule has 29 nitrogen and oxygen atoms in total. The van der Waals surface area contributed by atoms with Gasteiger partial charge in [-0.3, -0.25) is 4.79 Å². The average Bonchev–Trinajstić information content (AvgIpc) is 0.906. The van der Waals surface area contributed by atoms with Crippen molar-refractivity contribution in [2.24, 2.45) is 0 Å². The van der Waals surface area contributed by atoms with E-state index in [1.165, 1.54) is 48.5 Å². The van der Waals surface area contributed by atoms with Gasteiger partial charge >= 0.3 is 53.7 Å². The second-order valence-electron chi connectivity index (χ2n) is 24.8. The maximum atomic E-state index is 13.0. The number of carbonyl (C=O) groups is 9. The maximum Gasteiger partial charge on any atom is 0.343 e. The Morgan fingerprint density at radius 1 is 0.212 bits per heavy atom. The van der Waals surface area contributed by atoms with Gasteiger partial charge in [-0.25, -0.2) is 38.4 Å². The molecule has 0 fully saturated rings. The van der Waals surface area contributed by atoms with Gasteiger partial charge < -0.3 is 94.7 Å². The zero-order valence-corrected chi connectivity index (χ0v) is 65.2. The smallest absolute Gasteiger partial charge is 0.343 e. The first-order chi connectivity index (χ1) is 57.7. The normalized spacial score (nSPS) is 10.8. The highest BCUT2D eigenvalue weighted by Gasteiger charge is 2.18. The first kappa shape index (κ1) is 91.2. The molecule has 8 aromatic carbocycles. The maximum absolute atomic E-state index is 13.0. The van der Waals surface area contributed by atoms with Gasteiger partial charge in [0.05, 0.1) is 146 Å². The van der Waals surface area contributed by atoms with Crippen molar-refractivity contribution in [2.75, 3.05) is 165 Å². The van der Waals surface area contributed by atoms with Crippen LogP contribution in [-0.2, 0) is 80.7 Å². The molecule has 29 heteroatoms. The van der Waals surface area contributed by atoms with Crippen molar-refractivity contribution in [1.29, 1.82) is 0 Å². The highest BCUT2D eigenvalue weighted by atomic mass is 16.6. The Hall–Kier alpha value is -12.3. The van der Waals surface area contributed by atoms with Crippen molar-refractivity contribution in [3.63, 3.8) is 0 Å². The molecular weight excluding hydrogens is 1530 g/mol. The minimum Gasteiger partial charge on any atom is -0.491 e. The Morgan fingerprint density at radius 3 is 0.712 bits per heavy atom. The third-order valence-electron chi connectivity index (χ3n) is 16.3. The van der Waals surface area contributed by atoms with Gasteiger partial charge in [-0.2, -0.15) is 0 Å². The van der Waals surface area contributed by atoms with Crippen LogP contribution in [0, 0.1) is 0 Å². The van der Waals surface area contributed by atoms with Gasteiger partial charge in [0, 0.05) is 25.2 Å². The van der Waals surface area contributed by atoms with Crippen molar-refractivity contribution >= 4 is 53.7 Å². The summed E-state index contributed by atoms with van der Waals surface area (Å²) < 4.78 is 108. The van der Waals surface area contributed by atoms with Crippen LogP contribution in [0.2, 0.25) is 0 Å². The van der Waals surface area contributed by atoms with Crippen LogP contribution in [0.25, 0.3) is 22.3 Å². The zero-order chi connectivity index (χ0) is 83.4. The van der Waals surface area contributed by atoms with Crippen molar-refractivity contribution in [3.05, 3.63) is 253 Å². The molecule has 0 aliphatic carbocycles. The molecule has 0 saturated heterocycles. The van der Waals surface area contributed by atoms with E-state index >= 15 is 0 Å². The van der Waals surface area contributed by atoms with Crippen LogP contribution in [-0.4, -0.2) is 219 Å². The van der Waals surface area contributed by atoms with E-state index in [-0.39, 0.29) is 128 Å². The van der Waals surface area contributed by atoms with E-state index in [9.17, 15) is 43.2 Å². The van der Waals surface area contributed by atoms with Gasteiger partial charge in [-0.05, 0) is 181 Å². The van der Waals surface area contributed by atoms with Gasteiger partial charge in [-0.15, -0.1) is 0 Å². The zero-order valence-electron chi connectivity index (χ0n) is 65.2. The van der Waals surface area contributed by atoms with Gasteiger partial charge in [0.15, 0.2) is 0 Å². The van der Waals surface area contributed by atoms with Crippen molar-refractivity contribution in [1.82, 2.24) is 0 Å². The molecule has 0 spiro atoms. The molecule has 8 rings (SSSR count). The summed E-state index contributed by atoms with van der Waals surface area (Å²) in [5, 5.41) is 0. The quantitative estimate of drug-likeness (QED) is 0.0112. The molecule has 0 bridgehead atoms. The molecule has 118 heavy (non-hydrogen) atoms. The van der Waals surface area contributed by atoms with Crippen LogP contribution in [0.3, 0.4) is 0 Å². The minimum absolute atomic E-state index is 0.0297. The van der Waals surface area contributed by atoms with E-state index in [1.54, 1.807) is 146 Å². The molecule has 0 saturated carbocycles. The van der Waals surface area contributed by atoms with E-state index in [0.717, 1.165) is 34.4 Å². The van der Waals surface area contributed by atoms with Crippen LogP contribution >= 0.6 is 0 Å². The summed E-state index contributed by atoms with van der Waals surface area (Å²) >= 11 is 0. The molecule has 0 radical (unpaired) electrons. The van der Waals surface area contributed by atoms with E-state index in [0.29, 0.717) is 131 Å². The summed E-state index contributed by atoms with van der Waals surface area (Å²) in [6, 6.07) is 52.3. The summed E-state index contributed by atoms with van der Waals surface area (Å²) in [4.78, 5) is 111. The highest BCUT2D eigenvalue weighted by Crippen LogP contribution is 2.27. The number of unbranched alkanes of at least 4 members (excludes halogenated alkanes) is 1. The predicted molar refractivity (Wildman–Crippen MR) is 425 cm³/mol. The van der Waals surface area contributed by atoms with Crippen LogP contribution in [0.5, 0.6) is 34.5 Å². The van der Waals surface area contributed by atoms with Crippen molar-refractivity contribution < 1.29 is 138 Å². The number of ether oxygens (including phenoxy) is 20. The number of rotatable bonds is 57. The van der Waals surface area contributed by atoms with Gasteiger partial charge in [0.25, 0.3) is 0 Å². The summed E-state index contributed by atoms with van der Waals surface area (Å²) in [7, 11) is 0. The fourth-order valence-electron chi connectivity index (χ4n) is 10.2. The van der Waals surface area contributed by atoms with Crippen LogP contribution in [0.15, 0.2) is 219 Å². The van der Waals surface area contributed by atoms with Gasteiger partial charge in [-0.1, -0.05) is 61.7 Å². The Morgan fingerprint density at radius 2 is 0.424 bits per heavy atom. The number of benzene rings is 8. The number of hydrogen-bond donors (Lipinski definition) is 0. The lowest BCUT2D eigenvalue weighted by atomic mass is 10.0. The molecule has 0 atom stereocenters. The molecule has 0 amide bonds. The van der Waals surface area contributed by atoms with E-state index in [4.69, 9.17) is 94.7 Å². The lowest BCUT2D eigenvalue weighted by molar-refractivity contribution is -0.145. The van der Waals surface area contributed by atoms with E-state index in [2.05, 4.69) is 13.2 Å². The van der Waals surface area contributed by atoms with Crippen molar-refractivity contribution in [2.45, 2.75) is 19.3 Å². The molecule has 0 aliphatic heterocycles. The molecule has 0 heterocycles. The Kier molecular flexibility index (Phi) is 41.6. The lowest BCUT2D eigenvalue weighted by Gasteiger charge is -2.09. The fourth-order valence-corrected chi connectivity index (χ4v) is 10.2. The second-order valence-corrected chi connectivity index (χ2v) is 24.8. The van der Waals surface area contributed by atoms with E-state index < -0.39 is 47.8 Å². The summed E-state index contributed by atoms with van der Waals surface area (Å²) in [6.45, 7) is 12.9. The molecule has 0 aliphatic rings. The Labute approximate surface area is 682 Å². The highest BCUT2D eigenvalue weighted by molar-refractivity contribution is 5.95. The Balaban J connectivity index is 0.555. The minimum atomic E-state index is -0.611. The SMILES string of the molecule is C=CC(=O)OCCOCCOCCOc1ccc(C(=O)Oc2ccc(C(=O)Oc3ccc(-c4ccc(C(=O)OCCOCCOCCOCCCCC(=O)OCCOCCOCCOC(=O)c5ccc(-c6ccc(OC(=O)c7ccc(OC(=O)c8ccc(OCCOCCOCCOC(=O)C=C)cc8)cc7)cc6)cc5)cc4)cc3)cc2)cc1. The molecular formula is C89H94O29. The number of carbonyl (C=O) groups excluding carboxylic acids is 9. The third-order valence-corrected chi connectivity index (χ3v) is 16.3. The molecule has 624 valence electrons. The van der Waals surface area contributed by atoms with Crippen molar-refractivity contribution in [3.8, 4) is 56.8 Å². The first-order valence-corrected chi connectivity index (χ1v) is 37.9. The van der Waals surface area contributed by atoms with Gasteiger partial charge in [0.2, 0.25) is 0 Å². The fraction of sp³-hybridized carbons (Fsp3) is 0.315. The number of hydrogen-bond acceptors (Lipinski definition) is 29. The topological polar surface area (TPSA) is 338 Å². The largest absolute Gasteiger partial charge is 0.491 e. The standard InChI is InChI=1S/C89H94O29/c1-3-81(90)110-60-53-103-47-45-101-51-58-108-75-28-20-71(21-29-75)86(95)117-79-36-24-73(25-37-79)88(97)115-77-32-16-67(17-33-77)65-8-12-69(13-9-65)84(93)113-63-56-106-44-43-100-42-41-99-40-6-5-7-83(92)112-62-55-105-49-50-107-57-64-114-85(94)70-14-10-66(11-15-70)68-18-34-78(35-19-68)116-89(98)74-26-38-80(39-27-74)118-87(96)72-22-30-76(31-23-72)109-59-52-102-46-48-104-54-61-111-82(91)4-2/h3-4,8-39H,1-2,5-7,40-64H2. The average molecular weight is 1630 g/mol. The Bertz CT molecular complexity index is 4380. The predicted octanol–water partition coefficient (Wildman–Crippen LogP) is 12.0. The first-order valence-electron chi connectivity index (χ1n) is 37.9. The molecule has 0 unspecified atom stereocenters. The third kappa shape index (κ3) is 35.4. The number of esters is 9. The summed E-state index contributed by atoms with van der Waals surface area (Å²) in [5.74, 6) is -2.63. The monoisotopic (exact) mass is 1630 g/mol. The van der Waals surface area contributed by atoms with Gasteiger partial charge in [0.1, 0.15) is 80.7 Å². The van der Waals surface area contributed by atoms with Crippen LogP contribution in [0.1, 0.15) is 81.4 Å².